The molecule has 0 bridgehead atoms. The second-order valence-electron chi connectivity index (χ2n) is 6.34. The molecule has 0 aliphatic rings. The van der Waals surface area contributed by atoms with Crippen LogP contribution in [0.3, 0.4) is 0 Å². The van der Waals surface area contributed by atoms with Crippen LogP contribution in [0.2, 0.25) is 0 Å². The first-order valence-electron chi connectivity index (χ1n) is 8.96. The van der Waals surface area contributed by atoms with E-state index in [2.05, 4.69) is 27.2 Å². The monoisotopic (exact) mass is 359 g/mol. The minimum Gasteiger partial charge on any atom is -0.333 e. The van der Waals surface area contributed by atoms with Crippen molar-refractivity contribution in [2.45, 2.75) is 19.9 Å². The van der Waals surface area contributed by atoms with Crippen molar-refractivity contribution < 1.29 is 4.79 Å². The van der Waals surface area contributed by atoms with Crippen molar-refractivity contribution in [1.82, 2.24) is 19.5 Å². The number of para-hydroxylation sites is 2. The molecule has 0 aliphatic heterocycles. The molecule has 4 aromatic rings. The Kier molecular flexibility index (Phi) is 4.61. The van der Waals surface area contributed by atoms with Gasteiger partial charge in [-0.05, 0) is 47.9 Å². The number of carbonyl (C=O) groups excluding carboxylic acids is 1. The van der Waals surface area contributed by atoms with Gasteiger partial charge in [0, 0.05) is 24.6 Å². The molecule has 6 nitrogen and oxygen atoms in total. The highest BCUT2D eigenvalue weighted by Crippen LogP contribution is 2.18. The first-order valence-corrected chi connectivity index (χ1v) is 8.96. The summed E-state index contributed by atoms with van der Waals surface area (Å²) >= 11 is 0. The van der Waals surface area contributed by atoms with Gasteiger partial charge in [0.25, 0.3) is 0 Å². The summed E-state index contributed by atoms with van der Waals surface area (Å²) in [4.78, 5) is 16.4. The van der Waals surface area contributed by atoms with Gasteiger partial charge < -0.3 is 5.32 Å². The van der Waals surface area contributed by atoms with Gasteiger partial charge in [0.15, 0.2) is 0 Å². The van der Waals surface area contributed by atoms with Gasteiger partial charge in [-0.2, -0.15) is 0 Å². The molecule has 6 heteroatoms. The zero-order chi connectivity index (χ0) is 18.6. The lowest BCUT2D eigenvalue weighted by atomic mass is 10.2. The van der Waals surface area contributed by atoms with Crippen molar-refractivity contribution in [3.8, 4) is 5.69 Å². The van der Waals surface area contributed by atoms with Crippen LogP contribution in [0.5, 0.6) is 0 Å². The van der Waals surface area contributed by atoms with E-state index < -0.39 is 0 Å². The highest BCUT2D eigenvalue weighted by molar-refractivity contribution is 5.81. The van der Waals surface area contributed by atoms with Crippen molar-refractivity contribution in [3.63, 3.8) is 0 Å². The van der Waals surface area contributed by atoms with Crippen molar-refractivity contribution in [2.24, 2.45) is 0 Å². The molecule has 0 radical (unpaired) electrons. The number of hydrogen-bond donors (Lipinski definition) is 2. The third-order valence-electron chi connectivity index (χ3n) is 4.51. The predicted molar refractivity (Wildman–Crippen MR) is 106 cm³/mol. The van der Waals surface area contributed by atoms with Crippen LogP contribution in [0.4, 0.5) is 4.79 Å². The zero-order valence-electron chi connectivity index (χ0n) is 15.1. The zero-order valence-corrected chi connectivity index (χ0v) is 15.1. The van der Waals surface area contributed by atoms with Gasteiger partial charge in [-0.25, -0.2) is 15.2 Å². The number of nitrogens with one attached hydrogen (secondary N) is 2. The summed E-state index contributed by atoms with van der Waals surface area (Å²) in [6.07, 6.45) is 6.51. The maximum atomic E-state index is 12.0. The van der Waals surface area contributed by atoms with Gasteiger partial charge in [0.2, 0.25) is 0 Å². The summed E-state index contributed by atoms with van der Waals surface area (Å²) in [6, 6.07) is 17.9. The summed E-state index contributed by atoms with van der Waals surface area (Å²) in [6.45, 7) is 2.54. The van der Waals surface area contributed by atoms with Gasteiger partial charge in [0.05, 0.1) is 11.0 Å². The topological polar surface area (TPSA) is 63.9 Å². The van der Waals surface area contributed by atoms with Gasteiger partial charge in [0.1, 0.15) is 6.33 Å². The number of benzene rings is 2. The number of fused-ring (bicyclic) bond motifs is 1. The lowest BCUT2D eigenvalue weighted by molar-refractivity contribution is 0.249. The van der Waals surface area contributed by atoms with Crippen LogP contribution in [-0.4, -0.2) is 20.3 Å². The van der Waals surface area contributed by atoms with Crippen molar-refractivity contribution in [2.75, 3.05) is 5.43 Å². The lowest BCUT2D eigenvalue weighted by Crippen LogP contribution is -2.33. The van der Waals surface area contributed by atoms with E-state index in [0.29, 0.717) is 6.54 Å². The normalized spacial score (nSPS) is 10.9. The Bertz CT molecular complexity index is 1060. The summed E-state index contributed by atoms with van der Waals surface area (Å²) in [5.74, 6) is 0. The number of carbonyl (C=O) groups is 1. The van der Waals surface area contributed by atoms with Gasteiger partial charge in [-0.1, -0.05) is 31.2 Å². The van der Waals surface area contributed by atoms with Gasteiger partial charge in [-0.15, -0.1) is 0 Å². The molecule has 2 N–H and O–H groups in total. The summed E-state index contributed by atoms with van der Waals surface area (Å²) < 4.78 is 3.72. The molecule has 2 heterocycles. The Morgan fingerprint density at radius 1 is 1.04 bits per heavy atom. The molecule has 0 spiro atoms. The first kappa shape index (κ1) is 16.9. The molecule has 2 aromatic carbocycles. The first-order chi connectivity index (χ1) is 13.2. The molecule has 0 saturated carbocycles. The number of rotatable bonds is 5. The molecule has 2 aromatic heterocycles. The van der Waals surface area contributed by atoms with Crippen LogP contribution in [0.1, 0.15) is 18.1 Å². The third-order valence-corrected chi connectivity index (χ3v) is 4.51. The minimum atomic E-state index is -0.238. The molecule has 0 fully saturated rings. The smallest absolute Gasteiger partial charge is 0.333 e. The number of amides is 2. The molecule has 0 unspecified atom stereocenters. The van der Waals surface area contributed by atoms with Crippen molar-refractivity contribution in [1.29, 1.82) is 0 Å². The lowest BCUT2D eigenvalue weighted by Gasteiger charge is -2.09. The Hall–Kier alpha value is -3.54. The van der Waals surface area contributed by atoms with E-state index in [1.807, 2.05) is 73.3 Å². The van der Waals surface area contributed by atoms with E-state index in [1.165, 1.54) is 5.56 Å². The average Bonchev–Trinajstić information content (AvgIpc) is 3.33. The number of aryl methyl sites for hydroxylation is 1. The number of nitrogens with zero attached hydrogens (tertiary/aromatic N) is 3. The Balaban J connectivity index is 1.38. The molecule has 0 aliphatic carbocycles. The summed E-state index contributed by atoms with van der Waals surface area (Å²) in [7, 11) is 0. The second-order valence-corrected chi connectivity index (χ2v) is 6.34. The van der Waals surface area contributed by atoms with Crippen LogP contribution in [0, 0.1) is 0 Å². The number of imidazole rings is 1. The fraction of sp³-hybridized carbons (Fsp3) is 0.143. The average molecular weight is 359 g/mol. The van der Waals surface area contributed by atoms with E-state index in [0.717, 1.165) is 28.7 Å². The van der Waals surface area contributed by atoms with Crippen LogP contribution >= 0.6 is 0 Å². The van der Waals surface area contributed by atoms with E-state index in [1.54, 1.807) is 4.68 Å². The molecule has 2 amide bonds. The number of urea groups is 1. The molecule has 0 saturated heterocycles. The minimum absolute atomic E-state index is 0.238. The molecule has 27 heavy (non-hydrogen) atoms. The fourth-order valence-electron chi connectivity index (χ4n) is 3.00. The van der Waals surface area contributed by atoms with Crippen molar-refractivity contribution >= 4 is 17.1 Å². The largest absolute Gasteiger partial charge is 0.334 e. The predicted octanol–water partition coefficient (Wildman–Crippen LogP) is 3.84. The summed E-state index contributed by atoms with van der Waals surface area (Å²) in [5.41, 5.74) is 8.06. The molecular weight excluding hydrogens is 338 g/mol. The van der Waals surface area contributed by atoms with E-state index in [4.69, 9.17) is 0 Å². The standard InChI is InChI=1S/C21H21N5O/c1-2-16-11-12-25(14-16)24-21(27)22-13-17-7-9-18(10-8-17)26-15-23-19-5-3-4-6-20(19)26/h3-12,14-15H,2,13H2,1H3,(H2,22,24,27). The molecular formula is C21H21N5O. The summed E-state index contributed by atoms with van der Waals surface area (Å²) in [5, 5.41) is 2.87. The molecule has 0 atom stereocenters. The number of hydrogen-bond acceptors (Lipinski definition) is 2. The van der Waals surface area contributed by atoms with Crippen LogP contribution in [-0.2, 0) is 13.0 Å². The van der Waals surface area contributed by atoms with Crippen LogP contribution in [0.15, 0.2) is 73.3 Å². The van der Waals surface area contributed by atoms with Crippen LogP contribution in [0.25, 0.3) is 16.7 Å². The Labute approximate surface area is 157 Å². The second kappa shape index (κ2) is 7.37. The molecule has 4 rings (SSSR count). The number of aromatic nitrogens is 3. The SMILES string of the molecule is CCc1ccn(NC(=O)NCc2ccc(-n3cnc4ccccc43)cc2)c1. The van der Waals surface area contributed by atoms with Gasteiger partial charge in [-0.3, -0.25) is 9.24 Å². The Morgan fingerprint density at radius 3 is 2.63 bits per heavy atom. The Morgan fingerprint density at radius 2 is 1.85 bits per heavy atom. The van der Waals surface area contributed by atoms with E-state index in [9.17, 15) is 4.79 Å². The third kappa shape index (κ3) is 3.69. The fourth-order valence-corrected chi connectivity index (χ4v) is 3.00. The van der Waals surface area contributed by atoms with Crippen molar-refractivity contribution in [3.05, 3.63) is 84.4 Å². The highest BCUT2D eigenvalue weighted by Gasteiger charge is 2.05. The quantitative estimate of drug-likeness (QED) is 0.569. The van der Waals surface area contributed by atoms with E-state index in [-0.39, 0.29) is 6.03 Å². The van der Waals surface area contributed by atoms with Crippen LogP contribution < -0.4 is 10.7 Å². The molecule has 136 valence electrons. The van der Waals surface area contributed by atoms with E-state index >= 15 is 0 Å². The maximum Gasteiger partial charge on any atom is 0.334 e. The highest BCUT2D eigenvalue weighted by atomic mass is 16.2. The van der Waals surface area contributed by atoms with Gasteiger partial charge >= 0.3 is 6.03 Å². The maximum absolute atomic E-state index is 12.0.